The fraction of sp³-hybridized carbons (Fsp3) is 0.321. The van der Waals surface area contributed by atoms with Gasteiger partial charge in [0.15, 0.2) is 0 Å². The Balaban J connectivity index is 1.31. The molecule has 2 heterocycles. The van der Waals surface area contributed by atoms with Crippen LogP contribution in [0, 0.1) is 26.7 Å². The van der Waals surface area contributed by atoms with Crippen molar-refractivity contribution in [3.05, 3.63) is 81.0 Å². The number of amides is 2. The van der Waals surface area contributed by atoms with Crippen molar-refractivity contribution in [2.45, 2.75) is 45.4 Å². The molecule has 8 nitrogen and oxygen atoms in total. The van der Waals surface area contributed by atoms with Crippen LogP contribution in [0.25, 0.3) is 0 Å². The minimum atomic E-state index is -3.60. The molecular weight excluding hydrogens is 520 g/mol. The molecule has 1 aromatic heterocycles. The molecule has 0 unspecified atom stereocenters. The Morgan fingerprint density at radius 2 is 1.66 bits per heavy atom. The van der Waals surface area contributed by atoms with Gasteiger partial charge >= 0.3 is 0 Å². The average Bonchev–Trinajstić information content (AvgIpc) is 3.34. The predicted octanol–water partition coefficient (Wildman–Crippen LogP) is 4.87. The lowest BCUT2D eigenvalue weighted by atomic mass is 9.98. The zero-order valence-electron chi connectivity index (χ0n) is 21.9. The van der Waals surface area contributed by atoms with Crippen LogP contribution in [0.2, 0.25) is 0 Å². The zero-order valence-corrected chi connectivity index (χ0v) is 23.6. The summed E-state index contributed by atoms with van der Waals surface area (Å²) >= 11 is 1.40. The van der Waals surface area contributed by atoms with Gasteiger partial charge in [0.1, 0.15) is 0 Å². The van der Waals surface area contributed by atoms with Gasteiger partial charge in [-0.3, -0.25) is 9.59 Å². The van der Waals surface area contributed by atoms with E-state index in [0.717, 1.165) is 16.7 Å². The first kappa shape index (κ1) is 27.7. The van der Waals surface area contributed by atoms with Crippen molar-refractivity contribution in [2.75, 3.05) is 18.4 Å². The van der Waals surface area contributed by atoms with Gasteiger partial charge in [-0.05, 0) is 92.4 Å². The number of thiophene rings is 1. The number of anilines is 1. The van der Waals surface area contributed by atoms with Gasteiger partial charge < -0.3 is 5.32 Å². The molecule has 200 valence electrons. The number of nitrogens with zero attached hydrogens (tertiary/aromatic N) is 2. The number of aryl methyl sites for hydroxylation is 3. The highest BCUT2D eigenvalue weighted by molar-refractivity contribution is 7.89. The molecule has 1 saturated heterocycles. The molecule has 0 atom stereocenters. The van der Waals surface area contributed by atoms with E-state index in [1.807, 2.05) is 49.6 Å². The van der Waals surface area contributed by atoms with Gasteiger partial charge in [0.05, 0.1) is 15.5 Å². The van der Waals surface area contributed by atoms with Crippen molar-refractivity contribution in [3.63, 3.8) is 0 Å². The van der Waals surface area contributed by atoms with Gasteiger partial charge in [-0.15, -0.1) is 11.3 Å². The highest BCUT2D eigenvalue weighted by atomic mass is 32.2. The molecule has 2 N–H and O–H groups in total. The molecule has 0 saturated carbocycles. The number of hydrazone groups is 1. The minimum Gasteiger partial charge on any atom is -0.321 e. The first-order valence-corrected chi connectivity index (χ1v) is 14.8. The maximum atomic E-state index is 13.1. The second kappa shape index (κ2) is 11.6. The Labute approximate surface area is 227 Å². The summed E-state index contributed by atoms with van der Waals surface area (Å²) in [6.45, 7) is 7.94. The van der Waals surface area contributed by atoms with E-state index >= 15 is 0 Å². The van der Waals surface area contributed by atoms with Gasteiger partial charge in [0.2, 0.25) is 15.9 Å². The summed E-state index contributed by atoms with van der Waals surface area (Å²) in [5.74, 6) is -0.672. The number of rotatable bonds is 7. The van der Waals surface area contributed by atoms with Crippen molar-refractivity contribution < 1.29 is 18.0 Å². The lowest BCUT2D eigenvalue weighted by Crippen LogP contribution is -2.42. The molecule has 2 aromatic carbocycles. The van der Waals surface area contributed by atoms with Crippen LogP contribution in [0.5, 0.6) is 0 Å². The third-order valence-electron chi connectivity index (χ3n) is 6.75. The quantitative estimate of drug-likeness (QED) is 0.322. The van der Waals surface area contributed by atoms with Crippen LogP contribution in [0.3, 0.4) is 0 Å². The Morgan fingerprint density at radius 3 is 2.29 bits per heavy atom. The molecular formula is C28H32N4O4S2. The summed E-state index contributed by atoms with van der Waals surface area (Å²) in [6, 6.07) is 14.6. The lowest BCUT2D eigenvalue weighted by Gasteiger charge is -2.30. The van der Waals surface area contributed by atoms with Gasteiger partial charge in [-0.1, -0.05) is 24.3 Å². The Kier molecular flexibility index (Phi) is 8.44. The second-order valence-electron chi connectivity index (χ2n) is 9.58. The second-order valence-corrected chi connectivity index (χ2v) is 12.4. The minimum absolute atomic E-state index is 0.143. The number of sulfonamides is 1. The monoisotopic (exact) mass is 552 g/mol. The van der Waals surface area contributed by atoms with Crippen LogP contribution in [0.1, 0.15) is 51.7 Å². The summed E-state index contributed by atoms with van der Waals surface area (Å²) < 4.78 is 27.8. The summed E-state index contributed by atoms with van der Waals surface area (Å²) in [4.78, 5) is 26.2. The molecule has 1 aliphatic heterocycles. The number of hydrogen-bond acceptors (Lipinski definition) is 6. The maximum Gasteiger partial charge on any atom is 0.265 e. The molecule has 4 rings (SSSR count). The van der Waals surface area contributed by atoms with E-state index in [1.54, 1.807) is 32.0 Å². The first-order chi connectivity index (χ1) is 18.1. The molecule has 0 radical (unpaired) electrons. The molecule has 3 aromatic rings. The SMILES string of the molecule is CC(=NNC(=O)C1CCN(S(=O)(=O)c2cc(C)ccc2C)CC1)c1ccc(NC(=O)c2sccc2C)cc1. The van der Waals surface area contributed by atoms with Crippen molar-refractivity contribution in [1.29, 1.82) is 0 Å². The van der Waals surface area contributed by atoms with Crippen LogP contribution >= 0.6 is 11.3 Å². The van der Waals surface area contributed by atoms with E-state index in [1.165, 1.54) is 15.6 Å². The van der Waals surface area contributed by atoms with Crippen LogP contribution in [-0.2, 0) is 14.8 Å². The van der Waals surface area contributed by atoms with Gasteiger partial charge in [0.25, 0.3) is 5.91 Å². The number of carbonyl (C=O) groups excluding carboxylic acids is 2. The normalized spacial score (nSPS) is 15.3. The van der Waals surface area contributed by atoms with E-state index in [4.69, 9.17) is 0 Å². The van der Waals surface area contributed by atoms with Crippen molar-refractivity contribution >= 4 is 44.6 Å². The first-order valence-electron chi connectivity index (χ1n) is 12.4. The van der Waals surface area contributed by atoms with Crippen LogP contribution in [0.4, 0.5) is 5.69 Å². The summed E-state index contributed by atoms with van der Waals surface area (Å²) in [6.07, 6.45) is 0.866. The van der Waals surface area contributed by atoms with Gasteiger partial charge in [-0.25, -0.2) is 13.8 Å². The number of benzene rings is 2. The molecule has 0 spiro atoms. The third-order valence-corrected chi connectivity index (χ3v) is 9.80. The molecule has 38 heavy (non-hydrogen) atoms. The largest absolute Gasteiger partial charge is 0.321 e. The van der Waals surface area contributed by atoms with Crippen LogP contribution in [0.15, 0.2) is 63.9 Å². The fourth-order valence-electron chi connectivity index (χ4n) is 4.37. The zero-order chi connectivity index (χ0) is 27.4. The molecule has 0 bridgehead atoms. The van der Waals surface area contributed by atoms with E-state index in [9.17, 15) is 18.0 Å². The standard InChI is InChI=1S/C28H32N4O4S2/c1-18-5-6-19(2)25(17-18)38(35,36)32-14-11-23(12-15-32)27(33)31-30-21(4)22-7-9-24(10-8-22)29-28(34)26-20(3)13-16-37-26/h5-10,13,16-17,23H,11-12,14-15H2,1-4H3,(H,29,34)(H,31,33). The maximum absolute atomic E-state index is 13.1. The van der Waals surface area contributed by atoms with E-state index < -0.39 is 10.0 Å². The average molecular weight is 553 g/mol. The molecule has 0 aliphatic carbocycles. The highest BCUT2D eigenvalue weighted by Crippen LogP contribution is 2.26. The van der Waals surface area contributed by atoms with Crippen molar-refractivity contribution in [2.24, 2.45) is 11.0 Å². The van der Waals surface area contributed by atoms with E-state index in [0.29, 0.717) is 39.6 Å². The van der Waals surface area contributed by atoms with Crippen LogP contribution in [-0.4, -0.2) is 43.3 Å². The Bertz CT molecular complexity index is 1470. The summed E-state index contributed by atoms with van der Waals surface area (Å²) in [5.41, 5.74) is 7.29. The number of hydrogen-bond donors (Lipinski definition) is 2. The fourth-order valence-corrected chi connectivity index (χ4v) is 6.97. The van der Waals surface area contributed by atoms with Crippen molar-refractivity contribution in [3.8, 4) is 0 Å². The third kappa shape index (κ3) is 6.20. The van der Waals surface area contributed by atoms with E-state index in [-0.39, 0.29) is 30.8 Å². The lowest BCUT2D eigenvalue weighted by molar-refractivity contribution is -0.126. The van der Waals surface area contributed by atoms with Crippen LogP contribution < -0.4 is 10.7 Å². The summed E-state index contributed by atoms with van der Waals surface area (Å²) in [5, 5.41) is 9.03. The number of nitrogens with one attached hydrogen (secondary N) is 2. The number of piperidine rings is 1. The molecule has 2 amide bonds. The highest BCUT2D eigenvalue weighted by Gasteiger charge is 2.33. The Morgan fingerprint density at radius 1 is 0.974 bits per heavy atom. The van der Waals surface area contributed by atoms with E-state index in [2.05, 4.69) is 15.8 Å². The predicted molar refractivity (Wildman–Crippen MR) is 151 cm³/mol. The topological polar surface area (TPSA) is 108 Å². The Hall–Kier alpha value is -3.34. The smallest absolute Gasteiger partial charge is 0.265 e. The summed E-state index contributed by atoms with van der Waals surface area (Å²) in [7, 11) is -3.60. The van der Waals surface area contributed by atoms with Gasteiger partial charge in [0, 0.05) is 24.7 Å². The van der Waals surface area contributed by atoms with Crippen molar-refractivity contribution in [1.82, 2.24) is 9.73 Å². The molecule has 1 fully saturated rings. The number of carbonyl (C=O) groups is 2. The molecule has 10 heteroatoms. The van der Waals surface area contributed by atoms with Gasteiger partial charge in [-0.2, -0.15) is 9.41 Å². The molecule has 1 aliphatic rings.